The molecule has 4 rings (SSSR count). The third-order valence-electron chi connectivity index (χ3n) is 5.04. The number of aromatic hydroxyl groups is 1. The number of halogens is 1. The Morgan fingerprint density at radius 3 is 2.80 bits per heavy atom. The van der Waals surface area contributed by atoms with E-state index in [0.717, 1.165) is 46.5 Å². The Morgan fingerprint density at radius 2 is 2.04 bits per heavy atom. The minimum atomic E-state index is 0.0653. The van der Waals surface area contributed by atoms with Crippen molar-refractivity contribution >= 4 is 15.9 Å². The number of rotatable bonds is 3. The van der Waals surface area contributed by atoms with E-state index in [4.69, 9.17) is 14.2 Å². The van der Waals surface area contributed by atoms with Gasteiger partial charge in [-0.1, -0.05) is 22.0 Å². The summed E-state index contributed by atoms with van der Waals surface area (Å²) in [4.78, 5) is 2.28. The van der Waals surface area contributed by atoms with Gasteiger partial charge in [0.2, 0.25) is 6.79 Å². The molecule has 2 aromatic carbocycles. The van der Waals surface area contributed by atoms with E-state index < -0.39 is 0 Å². The van der Waals surface area contributed by atoms with Crippen LogP contribution in [0.4, 0.5) is 0 Å². The summed E-state index contributed by atoms with van der Waals surface area (Å²) in [6, 6.07) is 7.93. The van der Waals surface area contributed by atoms with Crippen molar-refractivity contribution in [1.82, 2.24) is 4.90 Å². The topological polar surface area (TPSA) is 51.2 Å². The summed E-state index contributed by atoms with van der Waals surface area (Å²) < 4.78 is 17.2. The SMILES string of the molecule is COc1ccc2c(c1O)C(Cc1cc3c(cc1Br)OCO3)N(C)CC2. The van der Waals surface area contributed by atoms with E-state index in [-0.39, 0.29) is 18.6 Å². The van der Waals surface area contributed by atoms with Crippen molar-refractivity contribution in [3.8, 4) is 23.0 Å². The highest BCUT2D eigenvalue weighted by molar-refractivity contribution is 9.10. The molecule has 2 aromatic rings. The van der Waals surface area contributed by atoms with Gasteiger partial charge in [0.05, 0.1) is 7.11 Å². The summed E-state index contributed by atoms with van der Waals surface area (Å²) in [7, 11) is 3.67. The molecule has 2 heterocycles. The molecule has 0 fully saturated rings. The summed E-state index contributed by atoms with van der Waals surface area (Å²) in [5, 5.41) is 10.7. The van der Waals surface area contributed by atoms with Crippen LogP contribution in [0.2, 0.25) is 0 Å². The van der Waals surface area contributed by atoms with E-state index in [1.807, 2.05) is 18.2 Å². The lowest BCUT2D eigenvalue weighted by Crippen LogP contribution is -2.33. The molecule has 5 nitrogen and oxygen atoms in total. The molecule has 2 aliphatic rings. The molecule has 132 valence electrons. The summed E-state index contributed by atoms with van der Waals surface area (Å²) in [5.74, 6) is 2.29. The van der Waals surface area contributed by atoms with Gasteiger partial charge in [-0.15, -0.1) is 0 Å². The molecule has 0 amide bonds. The highest BCUT2D eigenvalue weighted by atomic mass is 79.9. The molecule has 0 radical (unpaired) electrons. The Morgan fingerprint density at radius 1 is 1.28 bits per heavy atom. The van der Waals surface area contributed by atoms with Gasteiger partial charge < -0.3 is 19.3 Å². The normalized spacial score (nSPS) is 18.9. The maximum Gasteiger partial charge on any atom is 0.231 e. The number of methoxy groups -OCH3 is 1. The molecule has 25 heavy (non-hydrogen) atoms. The van der Waals surface area contributed by atoms with Crippen molar-refractivity contribution in [2.45, 2.75) is 18.9 Å². The first-order chi connectivity index (χ1) is 12.1. The van der Waals surface area contributed by atoms with Crippen molar-refractivity contribution < 1.29 is 19.3 Å². The average Bonchev–Trinajstić information content (AvgIpc) is 3.05. The summed E-state index contributed by atoms with van der Waals surface area (Å²) in [6.45, 7) is 1.21. The van der Waals surface area contributed by atoms with Crippen LogP contribution < -0.4 is 14.2 Å². The van der Waals surface area contributed by atoms with Crippen LogP contribution in [0.3, 0.4) is 0 Å². The molecule has 0 saturated heterocycles. The first-order valence-corrected chi connectivity index (χ1v) is 9.04. The molecule has 0 bridgehead atoms. The van der Waals surface area contributed by atoms with Crippen LogP contribution in [0.25, 0.3) is 0 Å². The quantitative estimate of drug-likeness (QED) is 0.843. The largest absolute Gasteiger partial charge is 0.504 e. The number of ether oxygens (including phenoxy) is 3. The lowest BCUT2D eigenvalue weighted by molar-refractivity contribution is 0.174. The van der Waals surface area contributed by atoms with E-state index in [9.17, 15) is 5.11 Å². The molecule has 2 aliphatic heterocycles. The van der Waals surface area contributed by atoms with Gasteiger partial charge in [0.1, 0.15) is 0 Å². The highest BCUT2D eigenvalue weighted by Gasteiger charge is 2.30. The molecule has 6 heteroatoms. The van der Waals surface area contributed by atoms with Crippen LogP contribution >= 0.6 is 15.9 Å². The fourth-order valence-corrected chi connectivity index (χ4v) is 4.12. The summed E-state index contributed by atoms with van der Waals surface area (Å²) in [5.41, 5.74) is 3.26. The second kappa shape index (κ2) is 6.42. The molecular formula is C19H20BrNO4. The second-order valence-corrected chi connectivity index (χ2v) is 7.29. The predicted octanol–water partition coefficient (Wildman–Crippen LogP) is 3.66. The van der Waals surface area contributed by atoms with Crippen LogP contribution in [0.15, 0.2) is 28.7 Å². The molecule has 0 saturated carbocycles. The molecular weight excluding hydrogens is 386 g/mol. The standard InChI is InChI=1S/C19H20BrNO4/c1-21-6-5-11-3-4-15(23-2)19(22)18(11)14(21)7-12-8-16-17(9-13(12)20)25-10-24-16/h3-4,8-9,14,22H,5-7,10H2,1-2H3. The van der Waals surface area contributed by atoms with Crippen LogP contribution in [-0.2, 0) is 12.8 Å². The maximum absolute atomic E-state index is 10.7. The molecule has 0 aliphatic carbocycles. The van der Waals surface area contributed by atoms with E-state index in [1.165, 1.54) is 5.56 Å². The van der Waals surface area contributed by atoms with Gasteiger partial charge in [0, 0.05) is 22.6 Å². The Hall–Kier alpha value is -1.92. The first kappa shape index (κ1) is 16.5. The third-order valence-corrected chi connectivity index (χ3v) is 5.78. The van der Waals surface area contributed by atoms with Crippen LogP contribution in [0, 0.1) is 0 Å². The number of phenols is 1. The molecule has 1 unspecified atom stereocenters. The van der Waals surface area contributed by atoms with Crippen LogP contribution in [-0.4, -0.2) is 37.5 Å². The number of likely N-dealkylation sites (N-methyl/N-ethyl adjacent to an activating group) is 1. The van der Waals surface area contributed by atoms with Crippen molar-refractivity contribution in [2.24, 2.45) is 0 Å². The lowest BCUT2D eigenvalue weighted by Gasteiger charge is -2.35. The monoisotopic (exact) mass is 405 g/mol. The van der Waals surface area contributed by atoms with Gasteiger partial charge in [-0.3, -0.25) is 4.90 Å². The number of benzene rings is 2. The number of nitrogens with zero attached hydrogens (tertiary/aromatic N) is 1. The van der Waals surface area contributed by atoms with Crippen molar-refractivity contribution in [2.75, 3.05) is 27.5 Å². The predicted molar refractivity (Wildman–Crippen MR) is 97.7 cm³/mol. The molecule has 0 spiro atoms. The van der Waals surface area contributed by atoms with Gasteiger partial charge >= 0.3 is 0 Å². The van der Waals surface area contributed by atoms with E-state index in [2.05, 4.69) is 33.9 Å². The number of phenolic OH excluding ortho intramolecular Hbond substituents is 1. The summed E-state index contributed by atoms with van der Waals surface area (Å²) >= 11 is 3.64. The Labute approximate surface area is 155 Å². The Balaban J connectivity index is 1.74. The zero-order valence-corrected chi connectivity index (χ0v) is 15.8. The molecule has 1 N–H and O–H groups in total. The fraction of sp³-hybridized carbons (Fsp3) is 0.368. The van der Waals surface area contributed by atoms with Crippen LogP contribution in [0.1, 0.15) is 22.7 Å². The average molecular weight is 406 g/mol. The zero-order valence-electron chi connectivity index (χ0n) is 14.2. The van der Waals surface area contributed by atoms with Gasteiger partial charge in [-0.05, 0) is 49.2 Å². The van der Waals surface area contributed by atoms with E-state index in [0.29, 0.717) is 5.75 Å². The van der Waals surface area contributed by atoms with Gasteiger partial charge in [-0.25, -0.2) is 0 Å². The van der Waals surface area contributed by atoms with Gasteiger partial charge in [-0.2, -0.15) is 0 Å². The third kappa shape index (κ3) is 2.83. The van der Waals surface area contributed by atoms with Crippen LogP contribution in [0.5, 0.6) is 23.0 Å². The second-order valence-electron chi connectivity index (χ2n) is 6.44. The Kier molecular flexibility index (Phi) is 4.25. The van der Waals surface area contributed by atoms with E-state index in [1.54, 1.807) is 7.11 Å². The Bertz CT molecular complexity index is 824. The minimum absolute atomic E-state index is 0.0653. The minimum Gasteiger partial charge on any atom is -0.504 e. The van der Waals surface area contributed by atoms with Crippen molar-refractivity contribution in [1.29, 1.82) is 0 Å². The molecule has 0 aromatic heterocycles. The highest BCUT2D eigenvalue weighted by Crippen LogP contribution is 2.44. The fourth-order valence-electron chi connectivity index (χ4n) is 3.64. The number of fused-ring (bicyclic) bond motifs is 2. The lowest BCUT2D eigenvalue weighted by atomic mass is 9.88. The first-order valence-electron chi connectivity index (χ1n) is 8.25. The smallest absolute Gasteiger partial charge is 0.231 e. The van der Waals surface area contributed by atoms with E-state index >= 15 is 0 Å². The maximum atomic E-state index is 10.7. The molecule has 1 atom stereocenters. The zero-order chi connectivity index (χ0) is 17.6. The number of hydrogen-bond donors (Lipinski definition) is 1. The van der Waals surface area contributed by atoms with Crippen molar-refractivity contribution in [3.05, 3.63) is 45.4 Å². The number of hydrogen-bond acceptors (Lipinski definition) is 5. The van der Waals surface area contributed by atoms with Gasteiger partial charge in [0.15, 0.2) is 23.0 Å². The van der Waals surface area contributed by atoms with Crippen molar-refractivity contribution in [3.63, 3.8) is 0 Å². The van der Waals surface area contributed by atoms with Gasteiger partial charge in [0.25, 0.3) is 0 Å². The summed E-state index contributed by atoms with van der Waals surface area (Å²) in [6.07, 6.45) is 1.67.